The normalized spacial score (nSPS) is 45.2. The molecule has 11 heavy (non-hydrogen) atoms. The molecule has 0 heterocycles. The molecule has 3 heteroatoms. The lowest BCUT2D eigenvalue weighted by atomic mass is 9.40. The van der Waals surface area contributed by atoms with Crippen molar-refractivity contribution in [2.45, 2.75) is 31.7 Å². The zero-order chi connectivity index (χ0) is 8.11. The second-order valence-corrected chi connectivity index (χ2v) is 3.97. The molecule has 3 aliphatic carbocycles. The average Bonchev–Trinajstić information content (AvgIpc) is 1.74. The molecule has 0 aliphatic heterocycles. The van der Waals surface area contributed by atoms with E-state index in [4.69, 9.17) is 0 Å². The summed E-state index contributed by atoms with van der Waals surface area (Å²) in [5.41, 5.74) is -0.0187. The van der Waals surface area contributed by atoms with Gasteiger partial charge >= 0.3 is 0 Å². The Hall–Kier alpha value is -0.860. The van der Waals surface area contributed by atoms with Gasteiger partial charge in [-0.3, -0.25) is 4.79 Å². The summed E-state index contributed by atoms with van der Waals surface area (Å²) >= 11 is 0. The minimum absolute atomic E-state index is 0.0178. The van der Waals surface area contributed by atoms with Crippen molar-refractivity contribution in [2.24, 2.45) is 5.41 Å². The third kappa shape index (κ3) is 0.737. The van der Waals surface area contributed by atoms with Crippen LogP contribution in [0.3, 0.4) is 0 Å². The van der Waals surface area contributed by atoms with Gasteiger partial charge in [0, 0.05) is 17.9 Å². The first-order valence-corrected chi connectivity index (χ1v) is 3.85. The molecule has 0 atom stereocenters. The van der Waals surface area contributed by atoms with Crippen LogP contribution in [0, 0.1) is 5.41 Å². The number of amides is 1. The Bertz CT molecular complexity index is 214. The summed E-state index contributed by atoms with van der Waals surface area (Å²) in [5, 5.41) is 2.88. The molecule has 1 amide bonds. The Labute approximate surface area is 65.2 Å². The number of carbonyl (C=O) groups is 2. The van der Waals surface area contributed by atoms with Crippen LogP contribution < -0.4 is 5.32 Å². The van der Waals surface area contributed by atoms with Gasteiger partial charge in [-0.1, -0.05) is 0 Å². The van der Waals surface area contributed by atoms with Crippen LogP contribution >= 0.6 is 0 Å². The number of rotatable bonds is 2. The van der Waals surface area contributed by atoms with Crippen molar-refractivity contribution >= 4 is 12.2 Å². The van der Waals surface area contributed by atoms with Crippen molar-refractivity contribution in [2.75, 3.05) is 0 Å². The van der Waals surface area contributed by atoms with Gasteiger partial charge in [-0.25, -0.2) is 0 Å². The van der Waals surface area contributed by atoms with E-state index in [2.05, 4.69) is 5.32 Å². The number of carbonyl (C=O) groups excluding carboxylic acids is 2. The quantitative estimate of drug-likeness (QED) is 0.578. The predicted octanol–water partition coefficient (Wildman–Crippen LogP) is 0.244. The third-order valence-corrected chi connectivity index (χ3v) is 2.76. The fraction of sp³-hybridized carbons (Fsp3) is 0.750. The van der Waals surface area contributed by atoms with Gasteiger partial charge in [0.2, 0.25) is 5.91 Å². The molecule has 3 fully saturated rings. The molecule has 2 bridgehead atoms. The number of hydrogen-bond donors (Lipinski definition) is 1. The highest BCUT2D eigenvalue weighted by molar-refractivity contribution is 5.77. The van der Waals surface area contributed by atoms with Gasteiger partial charge < -0.3 is 10.1 Å². The minimum Gasteiger partial charge on any atom is -0.351 e. The van der Waals surface area contributed by atoms with Gasteiger partial charge in [0.1, 0.15) is 6.29 Å². The molecule has 0 aromatic heterocycles. The second-order valence-electron chi connectivity index (χ2n) is 3.97. The van der Waals surface area contributed by atoms with Crippen LogP contribution in [0.2, 0.25) is 0 Å². The highest BCUT2D eigenvalue weighted by atomic mass is 16.1. The lowest BCUT2D eigenvalue weighted by Gasteiger charge is -2.68. The Kier molecular flexibility index (Phi) is 1.03. The molecule has 1 N–H and O–H groups in total. The molecule has 3 nitrogen and oxygen atoms in total. The largest absolute Gasteiger partial charge is 0.351 e. The minimum atomic E-state index is -0.0392. The Morgan fingerprint density at radius 3 is 2.36 bits per heavy atom. The van der Waals surface area contributed by atoms with Crippen molar-refractivity contribution in [3.63, 3.8) is 0 Å². The highest BCUT2D eigenvalue weighted by Gasteiger charge is 2.68. The van der Waals surface area contributed by atoms with Gasteiger partial charge in [0.05, 0.1) is 0 Å². The summed E-state index contributed by atoms with van der Waals surface area (Å²) in [6.45, 7) is 1.52. The van der Waals surface area contributed by atoms with Crippen LogP contribution in [-0.4, -0.2) is 17.7 Å². The maximum atomic E-state index is 10.7. The first-order chi connectivity index (χ1) is 5.10. The SMILES string of the molecule is CC(=O)NC12CC(C=O)(C1)C2. The van der Waals surface area contributed by atoms with Crippen LogP contribution in [0.15, 0.2) is 0 Å². The van der Waals surface area contributed by atoms with E-state index >= 15 is 0 Å². The molecule has 0 saturated heterocycles. The number of aldehydes is 1. The molecule has 0 aromatic carbocycles. The van der Waals surface area contributed by atoms with Crippen molar-refractivity contribution < 1.29 is 9.59 Å². The van der Waals surface area contributed by atoms with Crippen molar-refractivity contribution in [3.05, 3.63) is 0 Å². The summed E-state index contributed by atoms with van der Waals surface area (Å²) in [5.74, 6) is 0.0178. The molecule has 0 radical (unpaired) electrons. The molecule has 0 unspecified atom stereocenters. The molecule has 0 spiro atoms. The summed E-state index contributed by atoms with van der Waals surface area (Å²) < 4.78 is 0. The van der Waals surface area contributed by atoms with E-state index in [1.54, 1.807) is 0 Å². The van der Waals surface area contributed by atoms with E-state index in [0.29, 0.717) is 0 Å². The summed E-state index contributed by atoms with van der Waals surface area (Å²) in [6, 6.07) is 0. The van der Waals surface area contributed by atoms with Crippen LogP contribution in [-0.2, 0) is 9.59 Å². The summed E-state index contributed by atoms with van der Waals surface area (Å²) in [4.78, 5) is 21.1. The van der Waals surface area contributed by atoms with Crippen LogP contribution in [0.5, 0.6) is 0 Å². The first kappa shape index (κ1) is 6.83. The Morgan fingerprint density at radius 2 is 2.00 bits per heavy atom. The number of hydrogen-bond acceptors (Lipinski definition) is 2. The predicted molar refractivity (Wildman–Crippen MR) is 38.9 cm³/mol. The standard InChI is InChI=1S/C8H11NO2/c1-6(11)9-8-2-7(3-8,4-8)5-10/h5H,2-4H2,1H3,(H,9,11). The molecule has 3 rings (SSSR count). The average molecular weight is 153 g/mol. The van der Waals surface area contributed by atoms with E-state index in [1.807, 2.05) is 0 Å². The van der Waals surface area contributed by atoms with Gasteiger partial charge in [-0.05, 0) is 19.3 Å². The zero-order valence-corrected chi connectivity index (χ0v) is 6.52. The lowest BCUT2D eigenvalue weighted by molar-refractivity contribution is -0.169. The molecular formula is C8H11NO2. The third-order valence-electron chi connectivity index (χ3n) is 2.76. The Morgan fingerprint density at radius 1 is 1.45 bits per heavy atom. The molecular weight excluding hydrogens is 142 g/mol. The van der Waals surface area contributed by atoms with E-state index in [1.165, 1.54) is 6.92 Å². The van der Waals surface area contributed by atoms with Crippen molar-refractivity contribution in [1.82, 2.24) is 5.32 Å². The smallest absolute Gasteiger partial charge is 0.217 e. The monoisotopic (exact) mass is 153 g/mol. The van der Waals surface area contributed by atoms with Gasteiger partial charge in [-0.2, -0.15) is 0 Å². The maximum absolute atomic E-state index is 10.7. The maximum Gasteiger partial charge on any atom is 0.217 e. The van der Waals surface area contributed by atoms with Crippen LogP contribution in [0.25, 0.3) is 0 Å². The fourth-order valence-corrected chi connectivity index (χ4v) is 2.50. The topological polar surface area (TPSA) is 46.2 Å². The lowest BCUT2D eigenvalue weighted by Crippen LogP contribution is -2.75. The highest BCUT2D eigenvalue weighted by Crippen LogP contribution is 2.65. The van der Waals surface area contributed by atoms with Gasteiger partial charge in [0.25, 0.3) is 0 Å². The van der Waals surface area contributed by atoms with Crippen molar-refractivity contribution in [3.8, 4) is 0 Å². The van der Waals surface area contributed by atoms with Crippen LogP contribution in [0.1, 0.15) is 26.2 Å². The van der Waals surface area contributed by atoms with Gasteiger partial charge in [-0.15, -0.1) is 0 Å². The molecule has 60 valence electrons. The van der Waals surface area contributed by atoms with Crippen molar-refractivity contribution in [1.29, 1.82) is 0 Å². The van der Waals surface area contributed by atoms with Crippen LogP contribution in [0.4, 0.5) is 0 Å². The van der Waals surface area contributed by atoms with E-state index in [9.17, 15) is 9.59 Å². The Balaban J connectivity index is 1.94. The molecule has 3 saturated carbocycles. The summed E-state index contributed by atoms with van der Waals surface area (Å²) in [7, 11) is 0. The van der Waals surface area contributed by atoms with Gasteiger partial charge in [0.15, 0.2) is 0 Å². The number of nitrogens with one attached hydrogen (secondary N) is 1. The summed E-state index contributed by atoms with van der Waals surface area (Å²) in [6.07, 6.45) is 3.63. The second kappa shape index (κ2) is 1.65. The van der Waals surface area contributed by atoms with E-state index in [0.717, 1.165) is 25.5 Å². The first-order valence-electron chi connectivity index (χ1n) is 3.85. The zero-order valence-electron chi connectivity index (χ0n) is 6.52. The van der Waals surface area contributed by atoms with E-state index in [-0.39, 0.29) is 16.9 Å². The van der Waals surface area contributed by atoms with E-state index < -0.39 is 0 Å². The molecule has 3 aliphatic rings. The molecule has 0 aromatic rings. The fourth-order valence-electron chi connectivity index (χ4n) is 2.50.